The van der Waals surface area contributed by atoms with Gasteiger partial charge in [0.25, 0.3) is 0 Å². The van der Waals surface area contributed by atoms with Crippen LogP contribution in [0.3, 0.4) is 0 Å². The van der Waals surface area contributed by atoms with Gasteiger partial charge in [0.15, 0.2) is 0 Å². The first kappa shape index (κ1) is 15.1. The van der Waals surface area contributed by atoms with E-state index in [2.05, 4.69) is 10.6 Å². The summed E-state index contributed by atoms with van der Waals surface area (Å²) in [6.45, 7) is 3.23. The van der Waals surface area contributed by atoms with Crippen LogP contribution in [-0.2, 0) is 9.59 Å². The lowest BCUT2D eigenvalue weighted by Crippen LogP contribution is -2.25. The summed E-state index contributed by atoms with van der Waals surface area (Å²) < 4.78 is 0. The quantitative estimate of drug-likeness (QED) is 0.553. The third kappa shape index (κ3) is 11.2. The first-order chi connectivity index (χ1) is 7.66. The zero-order valence-electron chi connectivity index (χ0n) is 10.5. The molecule has 16 heavy (non-hydrogen) atoms. The fourth-order valence-corrected chi connectivity index (χ4v) is 1.42. The Morgan fingerprint density at radius 1 is 0.938 bits per heavy atom. The van der Waals surface area contributed by atoms with Crippen LogP contribution >= 0.6 is 0 Å². The number of hydrogen-bond acceptors (Lipinski definition) is 3. The molecule has 0 fully saturated rings. The zero-order valence-corrected chi connectivity index (χ0v) is 10.5. The largest absolute Gasteiger partial charge is 0.356 e. The van der Waals surface area contributed by atoms with Gasteiger partial charge in [-0.2, -0.15) is 0 Å². The molecule has 0 saturated carbocycles. The lowest BCUT2D eigenvalue weighted by molar-refractivity contribution is -0.121. The molecule has 0 bridgehead atoms. The van der Waals surface area contributed by atoms with Gasteiger partial charge in [0.2, 0.25) is 5.91 Å². The van der Waals surface area contributed by atoms with Crippen LogP contribution in [0, 0.1) is 0 Å². The highest BCUT2D eigenvalue weighted by Gasteiger charge is 1.99. The maximum Gasteiger partial charge on any atom is 0.220 e. The number of hydrogen-bond donors (Lipinski definition) is 2. The van der Waals surface area contributed by atoms with Gasteiger partial charge in [-0.3, -0.25) is 4.79 Å². The van der Waals surface area contributed by atoms with E-state index in [0.717, 1.165) is 38.8 Å². The number of carbonyl (C=O) groups excluding carboxylic acids is 2. The van der Waals surface area contributed by atoms with Crippen LogP contribution < -0.4 is 10.6 Å². The normalized spacial score (nSPS) is 10.1. The maximum atomic E-state index is 11.3. The smallest absolute Gasteiger partial charge is 0.220 e. The molecular weight excluding hydrogens is 204 g/mol. The number of carbonyl (C=O) groups is 2. The average Bonchev–Trinajstić information content (AvgIpc) is 2.23. The van der Waals surface area contributed by atoms with Crippen LogP contribution in [0.1, 0.15) is 45.4 Å². The Labute approximate surface area is 98.2 Å². The van der Waals surface area contributed by atoms with E-state index in [1.165, 1.54) is 0 Å². The third-order valence-corrected chi connectivity index (χ3v) is 2.36. The summed E-state index contributed by atoms with van der Waals surface area (Å²) in [6, 6.07) is 0. The summed E-state index contributed by atoms with van der Waals surface area (Å²) in [5.41, 5.74) is 0. The minimum Gasteiger partial charge on any atom is -0.356 e. The van der Waals surface area contributed by atoms with Crippen molar-refractivity contribution in [1.82, 2.24) is 10.6 Å². The predicted octanol–water partition coefficient (Wildman–Crippen LogP) is 1.25. The molecule has 2 N–H and O–H groups in total. The second-order valence-electron chi connectivity index (χ2n) is 4.07. The van der Waals surface area contributed by atoms with E-state index in [1.807, 2.05) is 7.05 Å². The van der Waals surface area contributed by atoms with Gasteiger partial charge < -0.3 is 15.4 Å². The molecular formula is C12H24N2O2. The fourth-order valence-electron chi connectivity index (χ4n) is 1.42. The standard InChI is InChI=1S/C12H24N2O2/c1-11(15)7-4-3-5-10-14-12(16)8-6-9-13-2/h13H,3-10H2,1-2H3,(H,14,16). The monoisotopic (exact) mass is 228 g/mol. The molecule has 0 aliphatic heterocycles. The first-order valence-electron chi connectivity index (χ1n) is 6.07. The van der Waals surface area contributed by atoms with Crippen LogP contribution in [0.5, 0.6) is 0 Å². The highest BCUT2D eigenvalue weighted by atomic mass is 16.1. The van der Waals surface area contributed by atoms with E-state index in [9.17, 15) is 9.59 Å². The van der Waals surface area contributed by atoms with E-state index in [-0.39, 0.29) is 11.7 Å². The number of unbranched alkanes of at least 4 members (excludes halogenated alkanes) is 2. The van der Waals surface area contributed by atoms with Crippen LogP contribution in [0.15, 0.2) is 0 Å². The van der Waals surface area contributed by atoms with Gasteiger partial charge in [0, 0.05) is 19.4 Å². The number of ketones is 1. The summed E-state index contributed by atoms with van der Waals surface area (Å²) in [5, 5.41) is 5.88. The number of nitrogens with one attached hydrogen (secondary N) is 2. The van der Waals surface area contributed by atoms with Crippen LogP contribution in [-0.4, -0.2) is 31.8 Å². The maximum absolute atomic E-state index is 11.3. The van der Waals surface area contributed by atoms with Gasteiger partial charge in [0.1, 0.15) is 5.78 Å². The van der Waals surface area contributed by atoms with Crippen molar-refractivity contribution in [3.8, 4) is 0 Å². The van der Waals surface area contributed by atoms with Crippen molar-refractivity contribution in [3.05, 3.63) is 0 Å². The molecule has 0 spiro atoms. The predicted molar refractivity (Wildman–Crippen MR) is 65.3 cm³/mol. The Balaban J connectivity index is 3.18. The summed E-state index contributed by atoms with van der Waals surface area (Å²) in [4.78, 5) is 21.9. The second kappa shape index (κ2) is 10.6. The molecule has 0 saturated heterocycles. The van der Waals surface area contributed by atoms with Crippen molar-refractivity contribution in [1.29, 1.82) is 0 Å². The number of amides is 1. The van der Waals surface area contributed by atoms with Crippen LogP contribution in [0.4, 0.5) is 0 Å². The molecule has 0 aromatic rings. The molecule has 4 heteroatoms. The van der Waals surface area contributed by atoms with Gasteiger partial charge in [-0.15, -0.1) is 0 Å². The molecule has 0 aromatic heterocycles. The SMILES string of the molecule is CNCCCC(=O)NCCCCCC(C)=O. The Morgan fingerprint density at radius 3 is 2.31 bits per heavy atom. The molecule has 0 aliphatic carbocycles. The topological polar surface area (TPSA) is 58.2 Å². The highest BCUT2D eigenvalue weighted by Crippen LogP contribution is 1.99. The summed E-state index contributed by atoms with van der Waals surface area (Å²) in [7, 11) is 1.88. The van der Waals surface area contributed by atoms with Crippen LogP contribution in [0.25, 0.3) is 0 Å². The minimum atomic E-state index is 0.127. The molecule has 0 atom stereocenters. The molecule has 0 heterocycles. The molecule has 0 unspecified atom stereocenters. The number of rotatable bonds is 10. The van der Waals surface area contributed by atoms with E-state index in [0.29, 0.717) is 12.8 Å². The summed E-state index contributed by atoms with van der Waals surface area (Å²) >= 11 is 0. The molecule has 0 aliphatic rings. The van der Waals surface area contributed by atoms with Crippen molar-refractivity contribution in [2.45, 2.75) is 45.4 Å². The van der Waals surface area contributed by atoms with Crippen LogP contribution in [0.2, 0.25) is 0 Å². The molecule has 1 amide bonds. The zero-order chi connectivity index (χ0) is 12.2. The first-order valence-corrected chi connectivity index (χ1v) is 6.07. The van der Waals surface area contributed by atoms with E-state index in [1.54, 1.807) is 6.92 Å². The van der Waals surface area contributed by atoms with Crippen molar-refractivity contribution in [2.24, 2.45) is 0 Å². The van der Waals surface area contributed by atoms with Crippen molar-refractivity contribution in [2.75, 3.05) is 20.1 Å². The Bertz CT molecular complexity index is 205. The molecule has 0 radical (unpaired) electrons. The van der Waals surface area contributed by atoms with Gasteiger partial charge in [0.05, 0.1) is 0 Å². The van der Waals surface area contributed by atoms with Gasteiger partial charge in [-0.05, 0) is 39.8 Å². The van der Waals surface area contributed by atoms with Gasteiger partial charge in [-0.25, -0.2) is 0 Å². The summed E-state index contributed by atoms with van der Waals surface area (Å²) in [6.07, 6.45) is 5.05. The number of Topliss-reactive ketones (excluding diaryl/α,β-unsaturated/α-hetero) is 1. The van der Waals surface area contributed by atoms with E-state index < -0.39 is 0 Å². The average molecular weight is 228 g/mol. The third-order valence-electron chi connectivity index (χ3n) is 2.36. The second-order valence-corrected chi connectivity index (χ2v) is 4.07. The molecule has 0 rings (SSSR count). The Morgan fingerprint density at radius 2 is 1.69 bits per heavy atom. The fraction of sp³-hybridized carbons (Fsp3) is 0.833. The highest BCUT2D eigenvalue weighted by molar-refractivity contribution is 5.76. The Hall–Kier alpha value is -0.900. The minimum absolute atomic E-state index is 0.127. The molecule has 4 nitrogen and oxygen atoms in total. The van der Waals surface area contributed by atoms with Crippen molar-refractivity contribution < 1.29 is 9.59 Å². The lowest BCUT2D eigenvalue weighted by Gasteiger charge is -2.04. The van der Waals surface area contributed by atoms with Crippen molar-refractivity contribution >= 4 is 11.7 Å². The summed E-state index contributed by atoms with van der Waals surface area (Å²) in [5.74, 6) is 0.373. The van der Waals surface area contributed by atoms with E-state index >= 15 is 0 Å². The molecule has 94 valence electrons. The van der Waals surface area contributed by atoms with Gasteiger partial charge >= 0.3 is 0 Å². The van der Waals surface area contributed by atoms with Crippen molar-refractivity contribution in [3.63, 3.8) is 0 Å². The van der Waals surface area contributed by atoms with E-state index in [4.69, 9.17) is 0 Å². The molecule has 0 aromatic carbocycles. The Kier molecular flexibility index (Phi) is 10.0. The van der Waals surface area contributed by atoms with Gasteiger partial charge in [-0.1, -0.05) is 6.42 Å². The lowest BCUT2D eigenvalue weighted by atomic mass is 10.1.